The molecule has 136 valence electrons. The lowest BCUT2D eigenvalue weighted by molar-refractivity contribution is -0.117. The van der Waals surface area contributed by atoms with E-state index in [-0.39, 0.29) is 24.0 Å². The molecule has 1 saturated heterocycles. The molecular formula is C21H25N3O2. The van der Waals surface area contributed by atoms with E-state index < -0.39 is 0 Å². The molecule has 1 heterocycles. The molecule has 1 aliphatic rings. The molecule has 3 amide bonds. The quantitative estimate of drug-likeness (QED) is 0.886. The van der Waals surface area contributed by atoms with Gasteiger partial charge >= 0.3 is 6.03 Å². The highest BCUT2D eigenvalue weighted by Crippen LogP contribution is 2.24. The predicted octanol–water partition coefficient (Wildman–Crippen LogP) is 3.47. The van der Waals surface area contributed by atoms with Gasteiger partial charge in [0.05, 0.1) is 12.1 Å². The average Bonchev–Trinajstić information content (AvgIpc) is 2.98. The van der Waals surface area contributed by atoms with Gasteiger partial charge in [-0.1, -0.05) is 36.4 Å². The van der Waals surface area contributed by atoms with Crippen molar-refractivity contribution < 1.29 is 9.59 Å². The zero-order valence-electron chi connectivity index (χ0n) is 15.5. The van der Waals surface area contributed by atoms with Crippen molar-refractivity contribution in [3.63, 3.8) is 0 Å². The molecule has 5 heteroatoms. The summed E-state index contributed by atoms with van der Waals surface area (Å²) < 4.78 is 0. The summed E-state index contributed by atoms with van der Waals surface area (Å²) in [6.45, 7) is 6.52. The highest BCUT2D eigenvalue weighted by atomic mass is 16.2. The molecule has 3 rings (SSSR count). The van der Waals surface area contributed by atoms with E-state index in [2.05, 4.69) is 10.6 Å². The Balaban J connectivity index is 1.58. The van der Waals surface area contributed by atoms with Crippen LogP contribution in [0.4, 0.5) is 10.5 Å². The average molecular weight is 351 g/mol. The Kier molecular flexibility index (Phi) is 5.26. The van der Waals surface area contributed by atoms with Crippen molar-refractivity contribution in [2.75, 3.05) is 11.4 Å². The van der Waals surface area contributed by atoms with Gasteiger partial charge in [0, 0.05) is 18.7 Å². The zero-order chi connectivity index (χ0) is 18.7. The second-order valence-corrected chi connectivity index (χ2v) is 6.92. The van der Waals surface area contributed by atoms with Gasteiger partial charge in [-0.25, -0.2) is 4.79 Å². The molecule has 1 aliphatic heterocycles. The van der Waals surface area contributed by atoms with Crippen molar-refractivity contribution in [3.8, 4) is 0 Å². The maximum Gasteiger partial charge on any atom is 0.315 e. The largest absolute Gasteiger partial charge is 0.333 e. The Morgan fingerprint density at radius 1 is 1.12 bits per heavy atom. The van der Waals surface area contributed by atoms with Crippen LogP contribution >= 0.6 is 0 Å². The number of rotatable bonds is 4. The van der Waals surface area contributed by atoms with E-state index in [1.54, 1.807) is 4.90 Å². The predicted molar refractivity (Wildman–Crippen MR) is 103 cm³/mol. The lowest BCUT2D eigenvalue weighted by atomic mass is 10.1. The van der Waals surface area contributed by atoms with Crippen molar-refractivity contribution in [1.29, 1.82) is 0 Å². The zero-order valence-corrected chi connectivity index (χ0v) is 15.5. The van der Waals surface area contributed by atoms with Gasteiger partial charge in [0.15, 0.2) is 0 Å². The minimum Gasteiger partial charge on any atom is -0.333 e. The van der Waals surface area contributed by atoms with Crippen LogP contribution in [0, 0.1) is 13.8 Å². The molecule has 5 nitrogen and oxygen atoms in total. The summed E-state index contributed by atoms with van der Waals surface area (Å²) in [7, 11) is 0. The van der Waals surface area contributed by atoms with E-state index in [1.165, 1.54) is 5.56 Å². The molecule has 0 bridgehead atoms. The van der Waals surface area contributed by atoms with Gasteiger partial charge in [-0.05, 0) is 49.6 Å². The first-order chi connectivity index (χ1) is 12.4. The number of nitrogens with zero attached hydrogens (tertiary/aromatic N) is 1. The van der Waals surface area contributed by atoms with Crippen molar-refractivity contribution >= 4 is 17.6 Å². The first-order valence-corrected chi connectivity index (χ1v) is 8.93. The number of carbonyl (C=O) groups excluding carboxylic acids is 2. The Morgan fingerprint density at radius 2 is 1.85 bits per heavy atom. The molecule has 2 aromatic rings. The molecule has 26 heavy (non-hydrogen) atoms. The fourth-order valence-corrected chi connectivity index (χ4v) is 3.20. The fourth-order valence-electron chi connectivity index (χ4n) is 3.20. The summed E-state index contributed by atoms with van der Waals surface area (Å²) in [6, 6.07) is 15.3. The Bertz CT molecular complexity index is 804. The Hall–Kier alpha value is -2.82. The van der Waals surface area contributed by atoms with Crippen LogP contribution in [0.25, 0.3) is 0 Å². The Labute approximate surface area is 154 Å². The summed E-state index contributed by atoms with van der Waals surface area (Å²) in [6.07, 6.45) is 0.320. The third-order valence-corrected chi connectivity index (χ3v) is 4.91. The first-order valence-electron chi connectivity index (χ1n) is 8.93. The fraction of sp³-hybridized carbons (Fsp3) is 0.333. The van der Waals surface area contributed by atoms with Gasteiger partial charge in [0.2, 0.25) is 5.91 Å². The van der Waals surface area contributed by atoms with Gasteiger partial charge < -0.3 is 15.5 Å². The van der Waals surface area contributed by atoms with Crippen LogP contribution in [0.2, 0.25) is 0 Å². The molecule has 0 unspecified atom stereocenters. The third kappa shape index (κ3) is 4.04. The minimum absolute atomic E-state index is 0.0367. The first kappa shape index (κ1) is 18.0. The Morgan fingerprint density at radius 3 is 2.54 bits per heavy atom. The van der Waals surface area contributed by atoms with Crippen molar-refractivity contribution in [2.24, 2.45) is 0 Å². The van der Waals surface area contributed by atoms with Gasteiger partial charge in [-0.15, -0.1) is 0 Å². The molecule has 1 fully saturated rings. The van der Waals surface area contributed by atoms with Gasteiger partial charge in [0.25, 0.3) is 0 Å². The second kappa shape index (κ2) is 7.60. The number of hydrogen-bond acceptors (Lipinski definition) is 2. The number of nitrogens with one attached hydrogen (secondary N) is 2. The normalized spacial score (nSPS) is 17.9. The number of benzene rings is 2. The number of urea groups is 1. The lowest BCUT2D eigenvalue weighted by Crippen LogP contribution is -2.44. The van der Waals surface area contributed by atoms with E-state index in [4.69, 9.17) is 0 Å². The topological polar surface area (TPSA) is 61.4 Å². The molecule has 2 aromatic carbocycles. The molecule has 0 aliphatic carbocycles. The van der Waals surface area contributed by atoms with Crippen molar-refractivity contribution in [3.05, 3.63) is 65.2 Å². The maximum atomic E-state index is 12.4. The third-order valence-electron chi connectivity index (χ3n) is 4.91. The summed E-state index contributed by atoms with van der Waals surface area (Å²) in [5.41, 5.74) is 4.29. The number of amides is 3. The van der Waals surface area contributed by atoms with Crippen LogP contribution in [-0.4, -0.2) is 24.5 Å². The smallest absolute Gasteiger partial charge is 0.315 e. The molecule has 0 aromatic heterocycles. The van der Waals surface area contributed by atoms with Crippen molar-refractivity contribution in [2.45, 2.75) is 39.3 Å². The summed E-state index contributed by atoms with van der Waals surface area (Å²) in [4.78, 5) is 26.4. The van der Waals surface area contributed by atoms with E-state index in [9.17, 15) is 9.59 Å². The SMILES string of the molecule is Cc1ccc(N2C[C@H](NC(=O)N[C@H](C)c3ccccc3)CC2=O)cc1C. The number of anilines is 1. The number of hydrogen-bond donors (Lipinski definition) is 2. The molecule has 2 atom stereocenters. The van der Waals surface area contributed by atoms with Crippen LogP contribution in [-0.2, 0) is 4.79 Å². The molecule has 2 N–H and O–H groups in total. The molecule has 0 spiro atoms. The van der Waals surface area contributed by atoms with Crippen molar-refractivity contribution in [1.82, 2.24) is 10.6 Å². The molecule has 0 saturated carbocycles. The van der Waals surface area contributed by atoms with Gasteiger partial charge in [0.1, 0.15) is 0 Å². The molecular weight excluding hydrogens is 326 g/mol. The van der Waals surface area contributed by atoms with Gasteiger partial charge in [-0.2, -0.15) is 0 Å². The standard InChI is InChI=1S/C21H25N3O2/c1-14-9-10-19(11-15(14)2)24-13-18(12-20(24)25)23-21(26)22-16(3)17-7-5-4-6-8-17/h4-11,16,18H,12-13H2,1-3H3,(H2,22,23,26)/t16-,18-/m1/s1. The number of carbonyl (C=O) groups is 2. The molecule has 0 radical (unpaired) electrons. The van der Waals surface area contributed by atoms with Crippen LogP contribution in [0.5, 0.6) is 0 Å². The van der Waals surface area contributed by atoms with Crippen LogP contribution in [0.3, 0.4) is 0 Å². The van der Waals surface area contributed by atoms with E-state index in [0.29, 0.717) is 13.0 Å². The second-order valence-electron chi connectivity index (χ2n) is 6.92. The van der Waals surface area contributed by atoms with E-state index in [0.717, 1.165) is 16.8 Å². The van der Waals surface area contributed by atoms with Crippen LogP contribution < -0.4 is 15.5 Å². The van der Waals surface area contributed by atoms with Gasteiger partial charge in [-0.3, -0.25) is 4.79 Å². The summed E-state index contributed by atoms with van der Waals surface area (Å²) >= 11 is 0. The summed E-state index contributed by atoms with van der Waals surface area (Å²) in [5, 5.41) is 5.85. The highest BCUT2D eigenvalue weighted by Gasteiger charge is 2.31. The van der Waals surface area contributed by atoms with E-state index in [1.807, 2.05) is 69.3 Å². The van der Waals surface area contributed by atoms with Crippen LogP contribution in [0.15, 0.2) is 48.5 Å². The summed E-state index contributed by atoms with van der Waals surface area (Å²) in [5.74, 6) is 0.0367. The van der Waals surface area contributed by atoms with Crippen LogP contribution in [0.1, 0.15) is 36.1 Å². The monoisotopic (exact) mass is 351 g/mol. The number of aryl methyl sites for hydroxylation is 2. The minimum atomic E-state index is -0.249. The lowest BCUT2D eigenvalue weighted by Gasteiger charge is -2.20. The maximum absolute atomic E-state index is 12.4. The van der Waals surface area contributed by atoms with E-state index >= 15 is 0 Å². The highest BCUT2D eigenvalue weighted by molar-refractivity contribution is 5.97.